The lowest BCUT2D eigenvalue weighted by Crippen LogP contribution is -2.32. The number of carboxylic acids is 6. The molecular weight excluding hydrogens is 2000 g/mol. The molecule has 760 valence electrons. The number of halogens is 1. The van der Waals surface area contributed by atoms with Gasteiger partial charge in [0.1, 0.15) is 17.3 Å². The zero-order chi connectivity index (χ0) is 106. The van der Waals surface area contributed by atoms with Crippen LogP contribution in [0.1, 0.15) is 123 Å². The molecule has 15 aromatic rings. The van der Waals surface area contributed by atoms with E-state index in [0.29, 0.717) is 28.9 Å². The maximum atomic E-state index is 13.6. The third kappa shape index (κ3) is 32.3. The van der Waals surface area contributed by atoms with E-state index in [-0.39, 0.29) is 123 Å². The summed E-state index contributed by atoms with van der Waals surface area (Å²) in [6, 6.07) is 105. The fourth-order valence-electron chi connectivity index (χ4n) is 14.7. The Morgan fingerprint density at radius 2 is 0.503 bits per heavy atom. The summed E-state index contributed by atoms with van der Waals surface area (Å²) in [7, 11) is -16.3. The zero-order valence-electron chi connectivity index (χ0n) is 79.8. The van der Waals surface area contributed by atoms with E-state index in [1.54, 1.807) is 61.3 Å². The molecule has 0 aliphatic heterocycles. The molecule has 0 aliphatic rings. The number of carboxylic acid groups (broad SMARTS) is 6. The predicted octanol–water partition coefficient (Wildman–Crippen LogP) is 19.8. The summed E-state index contributed by atoms with van der Waals surface area (Å²) in [5.41, 5.74) is 9.09. The second-order valence-electron chi connectivity index (χ2n) is 32.9. The van der Waals surface area contributed by atoms with Crippen LogP contribution in [0.3, 0.4) is 0 Å². The smallest absolute Gasteiger partial charge is 0.335 e. The van der Waals surface area contributed by atoms with Crippen molar-refractivity contribution in [2.45, 2.75) is 102 Å². The highest BCUT2D eigenvalue weighted by Crippen LogP contribution is 2.31. The van der Waals surface area contributed by atoms with Crippen molar-refractivity contribution >= 4 is 97.7 Å². The van der Waals surface area contributed by atoms with Crippen LogP contribution in [0.25, 0.3) is 0 Å². The molecule has 0 spiro atoms. The Labute approximate surface area is 857 Å². The minimum absolute atomic E-state index is 0.00121. The Balaban J connectivity index is 0.000000175. The summed E-state index contributed by atoms with van der Waals surface area (Å²) >= 11 is 1.63. The molecule has 0 aliphatic carbocycles. The fourth-order valence-corrected chi connectivity index (χ4v) is 22.2. The molecule has 15 aromatic carbocycles. The summed E-state index contributed by atoms with van der Waals surface area (Å²) in [6.45, 7) is 3.36. The quantitative estimate of drug-likeness (QED) is 0.0194. The van der Waals surface area contributed by atoms with E-state index in [4.69, 9.17) is 35.0 Å². The normalized spacial score (nSPS) is 11.4. The molecule has 0 aromatic heterocycles. The van der Waals surface area contributed by atoms with Crippen molar-refractivity contribution in [1.29, 1.82) is 0 Å². The lowest BCUT2D eigenvalue weighted by molar-refractivity contribution is 0.0686. The number of hydrogen-bond acceptors (Lipinski definition) is 19. The number of methoxy groups -OCH3 is 2. The molecule has 36 heteroatoms. The van der Waals surface area contributed by atoms with Crippen LogP contribution < -0.4 is 9.47 Å². The summed E-state index contributed by atoms with van der Waals surface area (Å²) in [5.74, 6) is -5.76. The number of sulfonamides is 5. The van der Waals surface area contributed by atoms with Gasteiger partial charge in [-0.1, -0.05) is 206 Å². The molecule has 15 rings (SSSR count). The van der Waals surface area contributed by atoms with Crippen LogP contribution >= 0.6 is 11.8 Å². The third-order valence-electron chi connectivity index (χ3n) is 22.7. The molecule has 0 unspecified atom stereocenters. The van der Waals surface area contributed by atoms with Crippen molar-refractivity contribution in [3.8, 4) is 11.5 Å². The van der Waals surface area contributed by atoms with Gasteiger partial charge in [0.15, 0.2) is 0 Å². The van der Waals surface area contributed by atoms with Gasteiger partial charge in [-0.3, -0.25) is 0 Å². The van der Waals surface area contributed by atoms with Crippen molar-refractivity contribution in [3.05, 3.63) is 489 Å². The Bertz CT molecular complexity index is 7600. The molecule has 0 fully saturated rings. The van der Waals surface area contributed by atoms with Crippen LogP contribution in [-0.4, -0.2) is 157 Å². The molecule has 0 saturated carbocycles. The molecule has 0 heterocycles. The number of benzene rings is 15. The molecule has 147 heavy (non-hydrogen) atoms. The van der Waals surface area contributed by atoms with Crippen molar-refractivity contribution in [3.63, 3.8) is 0 Å². The van der Waals surface area contributed by atoms with Crippen LogP contribution in [0.5, 0.6) is 11.5 Å². The van der Waals surface area contributed by atoms with Gasteiger partial charge in [-0.25, -0.2) is 75.2 Å². The first-order valence-electron chi connectivity index (χ1n) is 45.1. The van der Waals surface area contributed by atoms with Crippen molar-refractivity contribution < 1.29 is 115 Å². The van der Waals surface area contributed by atoms with E-state index < -0.39 is 91.7 Å². The molecule has 6 N–H and O–H groups in total. The molecule has 0 bridgehead atoms. The third-order valence-corrected chi connectivity index (χ3v) is 32.6. The van der Waals surface area contributed by atoms with Gasteiger partial charge in [0.2, 0.25) is 50.1 Å². The van der Waals surface area contributed by atoms with Gasteiger partial charge in [-0.05, 0) is 263 Å². The number of ether oxygens (including phenoxy) is 2. The van der Waals surface area contributed by atoms with Crippen molar-refractivity contribution in [2.75, 3.05) is 27.0 Å². The van der Waals surface area contributed by atoms with E-state index in [0.717, 1.165) is 55.2 Å². The van der Waals surface area contributed by atoms with E-state index in [9.17, 15) is 80.4 Å². The van der Waals surface area contributed by atoms with Crippen LogP contribution in [-0.2, 0) is 115 Å². The average molecular weight is 2100 g/mol. The van der Waals surface area contributed by atoms with Gasteiger partial charge in [-0.15, -0.1) is 11.8 Å². The number of aryl methyl sites for hydroxylation is 1. The molecule has 29 nitrogen and oxygen atoms in total. The molecular formula is C111H104FN5O24S6. The number of hydrogen-bond donors (Lipinski definition) is 6. The van der Waals surface area contributed by atoms with Gasteiger partial charge < -0.3 is 40.1 Å². The highest BCUT2D eigenvalue weighted by molar-refractivity contribution is 7.98. The second-order valence-corrected chi connectivity index (χ2v) is 43.4. The highest BCUT2D eigenvalue weighted by Gasteiger charge is 2.32. The van der Waals surface area contributed by atoms with Gasteiger partial charge >= 0.3 is 35.8 Å². The van der Waals surface area contributed by atoms with Crippen molar-refractivity contribution in [2.24, 2.45) is 0 Å². The highest BCUT2D eigenvalue weighted by atomic mass is 32.2. The number of nitrogens with zero attached hydrogens (tertiary/aromatic N) is 5. The van der Waals surface area contributed by atoms with Crippen LogP contribution in [0.4, 0.5) is 4.39 Å². The first-order valence-corrected chi connectivity index (χ1v) is 53.5. The van der Waals surface area contributed by atoms with E-state index >= 15 is 0 Å². The molecule has 0 atom stereocenters. The van der Waals surface area contributed by atoms with Gasteiger partial charge in [-0.2, -0.15) is 21.5 Å². The molecule has 0 saturated heterocycles. The maximum Gasteiger partial charge on any atom is 0.335 e. The fraction of sp³-hybridized carbons (Fsp3) is 0.135. The van der Waals surface area contributed by atoms with E-state index in [1.165, 1.54) is 180 Å². The zero-order valence-corrected chi connectivity index (χ0v) is 84.7. The SMILES string of the molecule is COc1ccc(CCN(Cc2ccccc2)S(=O)(=O)c2ccc(C(=O)O)cc2)cc1.COc1ccc(CN(Cc2cccc(C(=O)O)c2)S(=O)(=O)c2ccc(C(=O)O)cc2)cc1.CSc1ccc(CN(Cc2ccccc2)S(=O)(=O)c2ccc(C(=O)O)cc2)cc1.Cc1ccccc1CN(Cc1ccccc1)S(=O)(=O)c1ccc(C(=O)O)cc1.O=C(O)c1ccc(S(=O)(=O)N(Cc2ccccc2)Cc2cccc(F)c2)cc1. The number of aromatic carboxylic acids is 6. The Morgan fingerprint density at radius 1 is 0.259 bits per heavy atom. The summed E-state index contributed by atoms with van der Waals surface area (Å²) < 4.78 is 164. The van der Waals surface area contributed by atoms with Crippen LogP contribution in [0.2, 0.25) is 0 Å². The minimum Gasteiger partial charge on any atom is -0.497 e. The maximum absolute atomic E-state index is 13.6. The first kappa shape index (κ1) is 112. The van der Waals surface area contributed by atoms with Crippen molar-refractivity contribution in [1.82, 2.24) is 21.5 Å². The Hall–Kier alpha value is -15.5. The number of carbonyl (C=O) groups is 6. The van der Waals surface area contributed by atoms with Crippen LogP contribution in [0, 0.1) is 12.7 Å². The van der Waals surface area contributed by atoms with Gasteiger partial charge in [0.25, 0.3) is 0 Å². The summed E-state index contributed by atoms with van der Waals surface area (Å²) in [6.07, 6.45) is 2.52. The second kappa shape index (κ2) is 52.9. The lowest BCUT2D eigenvalue weighted by atomic mass is 10.1. The minimum atomic E-state index is -4.03. The molecule has 0 radical (unpaired) electrons. The standard InChI is InChI=1S/C23H21NO7S.C23H23NO5S.C22H21NO4S2.C22H21NO4S.C21H18FNO4S/c1-31-20-9-5-16(6-10-20)14-24(15-17-3-2-4-19(13-17)23(27)28)32(29,30)21-11-7-18(8-12-21)22(25)26;1-29-21-11-7-18(8-12-21)15-16-24(17-19-5-3-2-4-6-19)30(27,28)22-13-9-20(10-14-22)23(25)26;1-28-20-11-7-18(8-12-20)16-23(15-17-5-3-2-4-6-17)29(26,27)21-13-9-19(10-14-21)22(24)25;1-17-7-5-6-10-20(17)16-23(15-18-8-3-2-4-9-18)28(26,27)21-13-11-19(12-14-21)22(24)25;22-19-8-4-7-17(13-19)15-23(14-16-5-2-1-3-6-16)28(26,27)20-11-9-18(10-12-20)21(24)25/h2-13H,14-15H2,1H3,(H,25,26)(H,27,28);2-14H,15-17H2,1H3,(H,25,26);2-14H,15-16H2,1H3,(H,24,25);2-14H,15-16H2,1H3,(H,24,25);1-13H,14-15H2,(H,24,25). The Morgan fingerprint density at radius 3 is 0.796 bits per heavy atom. The molecule has 0 amide bonds. The largest absolute Gasteiger partial charge is 0.497 e. The Kier molecular flexibility index (Phi) is 40.3. The number of rotatable bonds is 40. The van der Waals surface area contributed by atoms with E-state index in [2.05, 4.69) is 0 Å². The predicted molar refractivity (Wildman–Crippen MR) is 555 cm³/mol. The summed E-state index contributed by atoms with van der Waals surface area (Å²) in [5, 5.41) is 54.5. The lowest BCUT2D eigenvalue weighted by Gasteiger charge is -2.23. The first-order chi connectivity index (χ1) is 70.2. The monoisotopic (exact) mass is 2100 g/mol. The van der Waals surface area contributed by atoms with E-state index in [1.807, 2.05) is 207 Å². The van der Waals surface area contributed by atoms with Gasteiger partial charge in [0, 0.05) is 70.3 Å². The summed E-state index contributed by atoms with van der Waals surface area (Å²) in [4.78, 5) is 67.8. The van der Waals surface area contributed by atoms with Gasteiger partial charge in [0.05, 0.1) is 72.1 Å². The number of thioether (sulfide) groups is 1. The topological polar surface area (TPSA) is 429 Å². The average Bonchev–Trinajstić information content (AvgIpc) is 0.805. The van der Waals surface area contributed by atoms with Crippen LogP contribution in [0.15, 0.2) is 418 Å².